The lowest BCUT2D eigenvalue weighted by Crippen LogP contribution is -1.95. The second-order valence-corrected chi connectivity index (χ2v) is 2.88. The fraction of sp³-hybridized carbons (Fsp3) is 0.300. The molecule has 0 saturated carbocycles. The Labute approximate surface area is 86.5 Å². The second kappa shape index (κ2) is 3.68. The number of fused-ring (bicyclic) bond motifs is 1. The summed E-state index contributed by atoms with van der Waals surface area (Å²) in [5.41, 5.74) is 0.374. The van der Waals surface area contributed by atoms with E-state index in [-0.39, 0.29) is 6.79 Å². The van der Waals surface area contributed by atoms with Gasteiger partial charge in [-0.2, -0.15) is 0 Å². The Kier molecular flexibility index (Phi) is 2.37. The number of aldehydes is 1. The fourth-order valence-electron chi connectivity index (χ4n) is 1.48. The maximum atomic E-state index is 10.8. The first-order chi connectivity index (χ1) is 7.31. The molecule has 5 heteroatoms. The van der Waals surface area contributed by atoms with E-state index in [4.69, 9.17) is 18.9 Å². The van der Waals surface area contributed by atoms with Crippen molar-refractivity contribution in [2.75, 3.05) is 21.0 Å². The number of methoxy groups -OCH3 is 2. The van der Waals surface area contributed by atoms with E-state index in [9.17, 15) is 4.79 Å². The molecule has 5 nitrogen and oxygen atoms in total. The van der Waals surface area contributed by atoms with Crippen molar-refractivity contribution in [1.82, 2.24) is 0 Å². The van der Waals surface area contributed by atoms with Crippen LogP contribution < -0.4 is 18.9 Å². The molecule has 0 aliphatic carbocycles. The average molecular weight is 210 g/mol. The lowest BCUT2D eigenvalue weighted by Gasteiger charge is -2.10. The van der Waals surface area contributed by atoms with Crippen LogP contribution in [0.1, 0.15) is 10.4 Å². The van der Waals surface area contributed by atoms with Gasteiger partial charge in [0.2, 0.25) is 18.3 Å². The van der Waals surface area contributed by atoms with E-state index < -0.39 is 0 Å². The maximum Gasteiger partial charge on any atom is 0.231 e. The van der Waals surface area contributed by atoms with Crippen molar-refractivity contribution in [2.45, 2.75) is 0 Å². The van der Waals surface area contributed by atoms with E-state index >= 15 is 0 Å². The summed E-state index contributed by atoms with van der Waals surface area (Å²) in [6, 6.07) is 1.55. The number of carbonyl (C=O) groups excluding carboxylic acids is 1. The Morgan fingerprint density at radius 3 is 2.60 bits per heavy atom. The predicted molar refractivity (Wildman–Crippen MR) is 51.1 cm³/mol. The zero-order valence-corrected chi connectivity index (χ0v) is 8.40. The number of benzene rings is 1. The molecule has 1 heterocycles. The van der Waals surface area contributed by atoms with Gasteiger partial charge in [-0.05, 0) is 6.07 Å². The Bertz CT molecular complexity index is 399. The molecule has 80 valence electrons. The van der Waals surface area contributed by atoms with Gasteiger partial charge in [-0.25, -0.2) is 0 Å². The Balaban J connectivity index is 2.65. The molecule has 0 saturated heterocycles. The van der Waals surface area contributed by atoms with Crippen molar-refractivity contribution < 1.29 is 23.7 Å². The van der Waals surface area contributed by atoms with Crippen LogP contribution in [-0.4, -0.2) is 27.3 Å². The highest BCUT2D eigenvalue weighted by Gasteiger charge is 2.26. The molecule has 0 radical (unpaired) electrons. The summed E-state index contributed by atoms with van der Waals surface area (Å²) in [6.07, 6.45) is 0.684. The molecule has 0 amide bonds. The van der Waals surface area contributed by atoms with E-state index in [1.165, 1.54) is 14.2 Å². The number of ether oxygens (including phenoxy) is 4. The van der Waals surface area contributed by atoms with Gasteiger partial charge in [0.25, 0.3) is 0 Å². The first-order valence-electron chi connectivity index (χ1n) is 4.31. The standard InChI is InChI=1S/C10H10O5/c1-12-7-3-6(4-11)8(13-2)10-9(7)14-5-15-10/h3-4H,5H2,1-2H3. The molecule has 0 spiro atoms. The highest BCUT2D eigenvalue weighted by molar-refractivity contribution is 5.84. The maximum absolute atomic E-state index is 10.8. The van der Waals surface area contributed by atoms with Gasteiger partial charge in [0.15, 0.2) is 17.8 Å². The lowest BCUT2D eigenvalue weighted by molar-refractivity contribution is 0.111. The molecule has 0 atom stereocenters. The van der Waals surface area contributed by atoms with Crippen molar-refractivity contribution >= 4 is 6.29 Å². The van der Waals surface area contributed by atoms with Crippen LogP contribution in [0.2, 0.25) is 0 Å². The first-order valence-corrected chi connectivity index (χ1v) is 4.31. The van der Waals surface area contributed by atoms with Crippen LogP contribution in [0.5, 0.6) is 23.0 Å². The van der Waals surface area contributed by atoms with Gasteiger partial charge in [0, 0.05) is 0 Å². The lowest BCUT2D eigenvalue weighted by atomic mass is 10.1. The molecule has 15 heavy (non-hydrogen) atoms. The van der Waals surface area contributed by atoms with E-state index in [2.05, 4.69) is 0 Å². The number of hydrogen-bond donors (Lipinski definition) is 0. The van der Waals surface area contributed by atoms with E-state index in [0.717, 1.165) is 0 Å². The van der Waals surface area contributed by atoms with Gasteiger partial charge in [-0.15, -0.1) is 0 Å². The quantitative estimate of drug-likeness (QED) is 0.702. The van der Waals surface area contributed by atoms with Gasteiger partial charge in [0.1, 0.15) is 0 Å². The van der Waals surface area contributed by atoms with Crippen LogP contribution in [0.4, 0.5) is 0 Å². The summed E-state index contributed by atoms with van der Waals surface area (Å²) in [5, 5.41) is 0. The van der Waals surface area contributed by atoms with Crippen LogP contribution >= 0.6 is 0 Å². The molecule has 1 aromatic carbocycles. The third-order valence-electron chi connectivity index (χ3n) is 2.14. The van der Waals surface area contributed by atoms with Crippen molar-refractivity contribution in [3.8, 4) is 23.0 Å². The topological polar surface area (TPSA) is 54.0 Å². The molecule has 2 rings (SSSR count). The minimum atomic E-state index is 0.102. The smallest absolute Gasteiger partial charge is 0.231 e. The van der Waals surface area contributed by atoms with E-state index in [0.29, 0.717) is 34.8 Å². The molecular weight excluding hydrogens is 200 g/mol. The summed E-state index contributed by atoms with van der Waals surface area (Å²) in [4.78, 5) is 10.8. The minimum Gasteiger partial charge on any atom is -0.493 e. The molecule has 1 aliphatic heterocycles. The van der Waals surface area contributed by atoms with Gasteiger partial charge < -0.3 is 18.9 Å². The number of hydrogen-bond acceptors (Lipinski definition) is 5. The predicted octanol–water partition coefficient (Wildman–Crippen LogP) is 1.24. The fourth-order valence-corrected chi connectivity index (χ4v) is 1.48. The van der Waals surface area contributed by atoms with Crippen LogP contribution in [0.25, 0.3) is 0 Å². The Morgan fingerprint density at radius 2 is 2.00 bits per heavy atom. The second-order valence-electron chi connectivity index (χ2n) is 2.88. The highest BCUT2D eigenvalue weighted by Crippen LogP contribution is 2.48. The highest BCUT2D eigenvalue weighted by atomic mass is 16.7. The normalized spacial score (nSPS) is 12.4. The first kappa shape index (κ1) is 9.64. The summed E-state index contributed by atoms with van der Waals surface area (Å²) < 4.78 is 20.6. The van der Waals surface area contributed by atoms with Crippen LogP contribution in [0.15, 0.2) is 6.07 Å². The number of carbonyl (C=O) groups is 1. The van der Waals surface area contributed by atoms with Crippen LogP contribution in [0.3, 0.4) is 0 Å². The van der Waals surface area contributed by atoms with Gasteiger partial charge >= 0.3 is 0 Å². The molecule has 0 fully saturated rings. The molecule has 1 aliphatic rings. The van der Waals surface area contributed by atoms with Gasteiger partial charge in [-0.1, -0.05) is 0 Å². The monoisotopic (exact) mass is 210 g/mol. The van der Waals surface area contributed by atoms with E-state index in [1.54, 1.807) is 6.07 Å². The van der Waals surface area contributed by atoms with E-state index in [1.807, 2.05) is 0 Å². The van der Waals surface area contributed by atoms with Crippen molar-refractivity contribution in [3.63, 3.8) is 0 Å². The number of rotatable bonds is 3. The molecule has 0 bridgehead atoms. The van der Waals surface area contributed by atoms with Crippen molar-refractivity contribution in [1.29, 1.82) is 0 Å². The average Bonchev–Trinajstić information content (AvgIpc) is 2.75. The molecular formula is C10H10O5. The molecule has 0 unspecified atom stereocenters. The SMILES string of the molecule is COc1cc(C=O)c(OC)c2c1OCO2. The van der Waals surface area contributed by atoms with Crippen LogP contribution in [0, 0.1) is 0 Å². The zero-order valence-electron chi connectivity index (χ0n) is 8.40. The summed E-state index contributed by atoms with van der Waals surface area (Å²) in [5.74, 6) is 1.72. The molecule has 0 N–H and O–H groups in total. The van der Waals surface area contributed by atoms with Crippen molar-refractivity contribution in [3.05, 3.63) is 11.6 Å². The van der Waals surface area contributed by atoms with Crippen LogP contribution in [-0.2, 0) is 0 Å². The Morgan fingerprint density at radius 1 is 1.27 bits per heavy atom. The third-order valence-corrected chi connectivity index (χ3v) is 2.14. The largest absolute Gasteiger partial charge is 0.493 e. The summed E-state index contributed by atoms with van der Waals surface area (Å²) in [6.45, 7) is 0.102. The molecule has 0 aromatic heterocycles. The Hall–Kier alpha value is -1.91. The summed E-state index contributed by atoms with van der Waals surface area (Å²) >= 11 is 0. The third kappa shape index (κ3) is 1.36. The van der Waals surface area contributed by atoms with Gasteiger partial charge in [-0.3, -0.25) is 4.79 Å². The zero-order chi connectivity index (χ0) is 10.8. The molecule has 1 aromatic rings. The minimum absolute atomic E-state index is 0.102. The van der Waals surface area contributed by atoms with Gasteiger partial charge in [0.05, 0.1) is 19.8 Å². The van der Waals surface area contributed by atoms with Crippen molar-refractivity contribution in [2.24, 2.45) is 0 Å². The summed E-state index contributed by atoms with van der Waals surface area (Å²) in [7, 11) is 2.97.